The monoisotopic (exact) mass is 162 g/mol. The summed E-state index contributed by atoms with van der Waals surface area (Å²) in [7, 11) is 1.70. The minimum Gasteiger partial charge on any atom is -0.396 e. The number of hydrogen-bond acceptors (Lipinski definition) is 3. The molecule has 0 saturated heterocycles. The second-order valence-electron chi connectivity index (χ2n) is 2.39. The number of rotatable bonds is 8. The Labute approximate surface area is 68.3 Å². The molecule has 0 radical (unpaired) electrons. The summed E-state index contributed by atoms with van der Waals surface area (Å²) in [6.45, 7) is 2.48. The molecular formula is C8H18O3. The van der Waals surface area contributed by atoms with Crippen molar-refractivity contribution < 1.29 is 14.6 Å². The van der Waals surface area contributed by atoms with Gasteiger partial charge in [0, 0.05) is 33.5 Å². The van der Waals surface area contributed by atoms with Crippen molar-refractivity contribution in [2.45, 2.75) is 19.3 Å². The van der Waals surface area contributed by atoms with Crippen LogP contribution in [-0.2, 0) is 9.47 Å². The fourth-order valence-electron chi connectivity index (χ4n) is 0.719. The highest BCUT2D eigenvalue weighted by Gasteiger charge is 1.88. The van der Waals surface area contributed by atoms with E-state index < -0.39 is 0 Å². The lowest BCUT2D eigenvalue weighted by atomic mass is 10.3. The molecule has 0 aromatic carbocycles. The molecule has 0 aromatic rings. The van der Waals surface area contributed by atoms with Crippen LogP contribution in [0.3, 0.4) is 0 Å². The second-order valence-corrected chi connectivity index (χ2v) is 2.39. The topological polar surface area (TPSA) is 38.7 Å². The largest absolute Gasteiger partial charge is 0.396 e. The van der Waals surface area contributed by atoms with E-state index in [9.17, 15) is 0 Å². The average Bonchev–Trinajstić information content (AvgIpc) is 2.03. The molecule has 68 valence electrons. The fraction of sp³-hybridized carbons (Fsp3) is 1.00. The second kappa shape index (κ2) is 9.88. The van der Waals surface area contributed by atoms with Crippen molar-refractivity contribution in [3.05, 3.63) is 0 Å². The predicted molar refractivity (Wildman–Crippen MR) is 43.6 cm³/mol. The van der Waals surface area contributed by atoms with Crippen LogP contribution < -0.4 is 0 Å². The third kappa shape index (κ3) is 9.88. The van der Waals surface area contributed by atoms with Gasteiger partial charge in [-0.2, -0.15) is 0 Å². The van der Waals surface area contributed by atoms with Crippen LogP contribution in [-0.4, -0.2) is 38.6 Å². The Bertz CT molecular complexity index is 58.4. The number of methoxy groups -OCH3 is 1. The molecule has 1 N–H and O–H groups in total. The Morgan fingerprint density at radius 1 is 1.00 bits per heavy atom. The van der Waals surface area contributed by atoms with Crippen LogP contribution in [0.5, 0.6) is 0 Å². The van der Waals surface area contributed by atoms with Crippen LogP contribution in [0, 0.1) is 0 Å². The molecule has 0 aromatic heterocycles. The molecule has 0 aliphatic heterocycles. The molecule has 0 unspecified atom stereocenters. The summed E-state index contributed by atoms with van der Waals surface area (Å²) in [5.41, 5.74) is 0. The molecule has 0 rings (SSSR count). The van der Waals surface area contributed by atoms with Crippen LogP contribution in [0.15, 0.2) is 0 Å². The zero-order chi connectivity index (χ0) is 8.36. The molecule has 3 heteroatoms. The highest BCUT2D eigenvalue weighted by Crippen LogP contribution is 1.91. The summed E-state index contributed by atoms with van der Waals surface area (Å²) in [6.07, 6.45) is 2.83. The summed E-state index contributed by atoms with van der Waals surface area (Å²) in [5, 5.41) is 8.41. The van der Waals surface area contributed by atoms with E-state index in [2.05, 4.69) is 0 Å². The van der Waals surface area contributed by atoms with Crippen LogP contribution in [0.1, 0.15) is 19.3 Å². The average molecular weight is 162 g/mol. The SMILES string of the molecule is COCCCCOCCCO. The first-order valence-corrected chi connectivity index (χ1v) is 4.09. The zero-order valence-electron chi connectivity index (χ0n) is 7.21. The zero-order valence-corrected chi connectivity index (χ0v) is 7.21. The molecule has 0 aliphatic carbocycles. The maximum atomic E-state index is 8.41. The summed E-state index contributed by atoms with van der Waals surface area (Å²) >= 11 is 0. The van der Waals surface area contributed by atoms with E-state index in [1.807, 2.05) is 0 Å². The third-order valence-electron chi connectivity index (χ3n) is 1.33. The first-order valence-electron chi connectivity index (χ1n) is 4.09. The number of aliphatic hydroxyl groups excluding tert-OH is 1. The highest BCUT2D eigenvalue weighted by atomic mass is 16.5. The van der Waals surface area contributed by atoms with E-state index in [0.29, 0.717) is 6.61 Å². The van der Waals surface area contributed by atoms with E-state index in [1.165, 1.54) is 0 Å². The van der Waals surface area contributed by atoms with E-state index in [4.69, 9.17) is 14.6 Å². The molecule has 0 heterocycles. The van der Waals surface area contributed by atoms with Gasteiger partial charge in [-0.3, -0.25) is 0 Å². The molecule has 3 nitrogen and oxygen atoms in total. The lowest BCUT2D eigenvalue weighted by Crippen LogP contribution is -2.00. The number of hydrogen-bond donors (Lipinski definition) is 1. The van der Waals surface area contributed by atoms with Gasteiger partial charge >= 0.3 is 0 Å². The maximum Gasteiger partial charge on any atom is 0.0487 e. The normalized spacial score (nSPS) is 10.4. The van der Waals surface area contributed by atoms with Crippen molar-refractivity contribution >= 4 is 0 Å². The van der Waals surface area contributed by atoms with Gasteiger partial charge in [-0.25, -0.2) is 0 Å². The van der Waals surface area contributed by atoms with E-state index in [-0.39, 0.29) is 6.61 Å². The Kier molecular flexibility index (Phi) is 9.77. The molecular weight excluding hydrogens is 144 g/mol. The van der Waals surface area contributed by atoms with Crippen LogP contribution >= 0.6 is 0 Å². The molecule has 0 fully saturated rings. The summed E-state index contributed by atoms with van der Waals surface area (Å²) in [5.74, 6) is 0. The Morgan fingerprint density at radius 3 is 2.27 bits per heavy atom. The lowest BCUT2D eigenvalue weighted by Gasteiger charge is -2.01. The molecule has 0 atom stereocenters. The van der Waals surface area contributed by atoms with E-state index in [1.54, 1.807) is 7.11 Å². The summed E-state index contributed by atoms with van der Waals surface area (Å²) in [4.78, 5) is 0. The predicted octanol–water partition coefficient (Wildman–Crippen LogP) is 0.812. The number of aliphatic hydroxyl groups is 1. The van der Waals surface area contributed by atoms with Gasteiger partial charge in [-0.05, 0) is 19.3 Å². The van der Waals surface area contributed by atoms with Gasteiger partial charge in [-0.1, -0.05) is 0 Å². The quantitative estimate of drug-likeness (QED) is 0.537. The van der Waals surface area contributed by atoms with Gasteiger partial charge in [-0.15, -0.1) is 0 Å². The van der Waals surface area contributed by atoms with Gasteiger partial charge in [0.15, 0.2) is 0 Å². The first-order chi connectivity index (χ1) is 5.41. The molecule has 0 bridgehead atoms. The Morgan fingerprint density at radius 2 is 1.64 bits per heavy atom. The van der Waals surface area contributed by atoms with Gasteiger partial charge in [0.2, 0.25) is 0 Å². The van der Waals surface area contributed by atoms with Crippen LogP contribution in [0.4, 0.5) is 0 Å². The summed E-state index contributed by atoms with van der Waals surface area (Å²) in [6, 6.07) is 0. The van der Waals surface area contributed by atoms with Crippen molar-refractivity contribution in [2.75, 3.05) is 33.5 Å². The van der Waals surface area contributed by atoms with Crippen molar-refractivity contribution in [3.8, 4) is 0 Å². The number of ether oxygens (including phenoxy) is 2. The standard InChI is InChI=1S/C8H18O3/c1-10-6-2-3-7-11-8-4-5-9/h9H,2-8H2,1H3. The molecule has 0 saturated carbocycles. The Balaban J connectivity index is 2.69. The minimum atomic E-state index is 0.220. The smallest absolute Gasteiger partial charge is 0.0487 e. The lowest BCUT2D eigenvalue weighted by molar-refractivity contribution is 0.105. The minimum absolute atomic E-state index is 0.220. The van der Waals surface area contributed by atoms with Crippen molar-refractivity contribution in [1.82, 2.24) is 0 Å². The van der Waals surface area contributed by atoms with Crippen LogP contribution in [0.25, 0.3) is 0 Å². The van der Waals surface area contributed by atoms with E-state index >= 15 is 0 Å². The molecule has 0 amide bonds. The third-order valence-corrected chi connectivity index (χ3v) is 1.33. The molecule has 11 heavy (non-hydrogen) atoms. The first kappa shape index (κ1) is 10.9. The Hall–Kier alpha value is -0.120. The van der Waals surface area contributed by atoms with Crippen molar-refractivity contribution in [2.24, 2.45) is 0 Å². The summed E-state index contributed by atoms with van der Waals surface area (Å²) < 4.78 is 10.1. The molecule has 0 aliphatic rings. The number of unbranched alkanes of at least 4 members (excludes halogenated alkanes) is 1. The van der Waals surface area contributed by atoms with Crippen molar-refractivity contribution in [1.29, 1.82) is 0 Å². The maximum absolute atomic E-state index is 8.41. The van der Waals surface area contributed by atoms with Crippen LogP contribution in [0.2, 0.25) is 0 Å². The van der Waals surface area contributed by atoms with E-state index in [0.717, 1.165) is 32.5 Å². The van der Waals surface area contributed by atoms with Gasteiger partial charge in [0.25, 0.3) is 0 Å². The molecule has 0 spiro atoms. The van der Waals surface area contributed by atoms with Gasteiger partial charge in [0.1, 0.15) is 0 Å². The fourth-order valence-corrected chi connectivity index (χ4v) is 0.719. The highest BCUT2D eigenvalue weighted by molar-refractivity contribution is 4.37. The van der Waals surface area contributed by atoms with Gasteiger partial charge < -0.3 is 14.6 Å². The van der Waals surface area contributed by atoms with Gasteiger partial charge in [0.05, 0.1) is 0 Å². The van der Waals surface area contributed by atoms with Crippen molar-refractivity contribution in [3.63, 3.8) is 0 Å².